The molecule has 0 amide bonds. The van der Waals surface area contributed by atoms with E-state index in [1.807, 2.05) is 0 Å². The van der Waals surface area contributed by atoms with E-state index in [-0.39, 0.29) is 0 Å². The molecule has 0 aromatic heterocycles. The Balaban J connectivity index is 2.61. The average molecular weight is 191 g/mol. The molecule has 1 heterocycles. The number of aldehydes is 1. The van der Waals surface area contributed by atoms with Gasteiger partial charge in [-0.3, -0.25) is 4.79 Å². The highest BCUT2D eigenvalue weighted by Gasteiger charge is 2.29. The van der Waals surface area contributed by atoms with Crippen LogP contribution in [0.5, 0.6) is 0 Å². The third-order valence-electron chi connectivity index (χ3n) is 1.50. The molecule has 0 saturated heterocycles. The molecule has 0 aromatic rings. The molecule has 0 fully saturated rings. The molecule has 72 valence electrons. The summed E-state index contributed by atoms with van der Waals surface area (Å²) in [4.78, 5) is 11.2. The smallest absolute Gasteiger partial charge is 0.345 e. The van der Waals surface area contributed by atoms with Crippen molar-refractivity contribution in [1.82, 2.24) is 4.90 Å². The van der Waals surface area contributed by atoms with E-state index in [4.69, 9.17) is 0 Å². The van der Waals surface area contributed by atoms with Crippen molar-refractivity contribution < 1.29 is 18.0 Å². The van der Waals surface area contributed by atoms with Gasteiger partial charge in [0, 0.05) is 18.0 Å². The fourth-order valence-electron chi connectivity index (χ4n) is 1.02. The number of allylic oxidation sites excluding steroid dienone is 2. The van der Waals surface area contributed by atoms with Crippen LogP contribution in [0.2, 0.25) is 0 Å². The maximum atomic E-state index is 11.9. The summed E-state index contributed by atoms with van der Waals surface area (Å²) >= 11 is 0. The molecule has 2 nitrogen and oxygen atoms in total. The first-order chi connectivity index (χ1) is 6.01. The Hall–Kier alpha value is -1.26. The minimum atomic E-state index is -4.24. The molecular formula is C8H8F3NO. The van der Waals surface area contributed by atoms with Crippen LogP contribution in [0.25, 0.3) is 0 Å². The molecule has 5 heteroatoms. The number of carbonyl (C=O) groups is 1. The lowest BCUT2D eigenvalue weighted by molar-refractivity contribution is -0.136. The SMILES string of the molecule is O=CC1=CN(CC(F)(F)F)C=CC1. The topological polar surface area (TPSA) is 20.3 Å². The number of carbonyl (C=O) groups excluding carboxylic acids is 1. The van der Waals surface area contributed by atoms with Gasteiger partial charge in [0.2, 0.25) is 0 Å². The van der Waals surface area contributed by atoms with Gasteiger partial charge in [0.05, 0.1) is 0 Å². The van der Waals surface area contributed by atoms with Gasteiger partial charge < -0.3 is 4.90 Å². The van der Waals surface area contributed by atoms with E-state index in [0.29, 0.717) is 18.3 Å². The van der Waals surface area contributed by atoms with Crippen LogP contribution in [0, 0.1) is 0 Å². The van der Waals surface area contributed by atoms with Crippen molar-refractivity contribution in [3.05, 3.63) is 24.0 Å². The van der Waals surface area contributed by atoms with E-state index < -0.39 is 12.7 Å². The highest BCUT2D eigenvalue weighted by molar-refractivity contribution is 5.73. The lowest BCUT2D eigenvalue weighted by Crippen LogP contribution is -2.27. The summed E-state index contributed by atoms with van der Waals surface area (Å²) in [6.45, 7) is -1.05. The molecule has 0 aromatic carbocycles. The molecule has 0 bridgehead atoms. The van der Waals surface area contributed by atoms with Gasteiger partial charge in [-0.15, -0.1) is 0 Å². The number of alkyl halides is 3. The summed E-state index contributed by atoms with van der Waals surface area (Å²) in [6.07, 6.45) is 0.771. The summed E-state index contributed by atoms with van der Waals surface area (Å²) in [5.41, 5.74) is 0.353. The van der Waals surface area contributed by atoms with Crippen LogP contribution in [0.3, 0.4) is 0 Å². The van der Waals surface area contributed by atoms with Gasteiger partial charge in [-0.25, -0.2) is 0 Å². The van der Waals surface area contributed by atoms with E-state index in [9.17, 15) is 18.0 Å². The van der Waals surface area contributed by atoms with Crippen molar-refractivity contribution in [1.29, 1.82) is 0 Å². The monoisotopic (exact) mass is 191 g/mol. The molecule has 0 radical (unpaired) electrons. The van der Waals surface area contributed by atoms with Crippen LogP contribution in [0.15, 0.2) is 24.0 Å². The highest BCUT2D eigenvalue weighted by atomic mass is 19.4. The van der Waals surface area contributed by atoms with Crippen molar-refractivity contribution in [3.63, 3.8) is 0 Å². The third kappa shape index (κ3) is 3.31. The molecule has 0 spiro atoms. The predicted octanol–water partition coefficient (Wildman–Crippen LogP) is 1.85. The molecule has 0 N–H and O–H groups in total. The number of rotatable bonds is 2. The first-order valence-electron chi connectivity index (χ1n) is 3.66. The maximum Gasteiger partial charge on any atom is 0.406 e. The lowest BCUT2D eigenvalue weighted by atomic mass is 10.2. The minimum absolute atomic E-state index is 0.353. The maximum absolute atomic E-state index is 11.9. The van der Waals surface area contributed by atoms with Gasteiger partial charge in [0.25, 0.3) is 0 Å². The fourth-order valence-corrected chi connectivity index (χ4v) is 1.02. The van der Waals surface area contributed by atoms with Gasteiger partial charge >= 0.3 is 6.18 Å². The zero-order valence-electron chi connectivity index (χ0n) is 6.71. The Morgan fingerprint density at radius 1 is 1.54 bits per heavy atom. The highest BCUT2D eigenvalue weighted by Crippen LogP contribution is 2.19. The van der Waals surface area contributed by atoms with E-state index in [1.165, 1.54) is 18.5 Å². The number of halogens is 3. The van der Waals surface area contributed by atoms with E-state index in [2.05, 4.69) is 0 Å². The minimum Gasteiger partial charge on any atom is -0.345 e. The second kappa shape index (κ2) is 3.64. The number of nitrogens with zero attached hydrogens (tertiary/aromatic N) is 1. The van der Waals surface area contributed by atoms with Gasteiger partial charge in [-0.05, 0) is 6.42 Å². The Kier molecular flexibility index (Phi) is 2.75. The molecule has 0 unspecified atom stereocenters. The molecular weight excluding hydrogens is 183 g/mol. The van der Waals surface area contributed by atoms with Crippen LogP contribution in [-0.4, -0.2) is 23.9 Å². The van der Waals surface area contributed by atoms with Crippen LogP contribution in [0.4, 0.5) is 13.2 Å². The molecule has 0 saturated carbocycles. The summed E-state index contributed by atoms with van der Waals surface area (Å²) in [6, 6.07) is 0. The molecule has 0 atom stereocenters. The number of hydrogen-bond acceptors (Lipinski definition) is 2. The van der Waals surface area contributed by atoms with E-state index in [0.717, 1.165) is 4.90 Å². The Bertz CT molecular complexity index is 255. The lowest BCUT2D eigenvalue weighted by Gasteiger charge is -2.20. The van der Waals surface area contributed by atoms with Gasteiger partial charge in [-0.1, -0.05) is 6.08 Å². The first kappa shape index (κ1) is 9.83. The van der Waals surface area contributed by atoms with Gasteiger partial charge in [0.15, 0.2) is 0 Å². The number of hydrogen-bond donors (Lipinski definition) is 0. The average Bonchev–Trinajstić information content (AvgIpc) is 2.01. The van der Waals surface area contributed by atoms with Crippen LogP contribution < -0.4 is 0 Å². The molecule has 1 rings (SSSR count). The second-order valence-electron chi connectivity index (χ2n) is 2.70. The van der Waals surface area contributed by atoms with Crippen molar-refractivity contribution in [2.75, 3.05) is 6.54 Å². The van der Waals surface area contributed by atoms with Gasteiger partial charge in [0.1, 0.15) is 12.8 Å². The Morgan fingerprint density at radius 2 is 2.23 bits per heavy atom. The van der Waals surface area contributed by atoms with E-state index in [1.54, 1.807) is 0 Å². The Labute approximate surface area is 73.3 Å². The standard InChI is InChI=1S/C8H8F3NO/c9-8(10,11)6-12-3-1-2-7(4-12)5-13/h1,3-5H,2,6H2. The van der Waals surface area contributed by atoms with Crippen molar-refractivity contribution >= 4 is 6.29 Å². The second-order valence-corrected chi connectivity index (χ2v) is 2.70. The molecule has 13 heavy (non-hydrogen) atoms. The van der Waals surface area contributed by atoms with Crippen molar-refractivity contribution in [2.45, 2.75) is 12.6 Å². The summed E-state index contributed by atoms with van der Waals surface area (Å²) in [5, 5.41) is 0. The molecule has 1 aliphatic rings. The zero-order chi connectivity index (χ0) is 9.90. The summed E-state index contributed by atoms with van der Waals surface area (Å²) < 4.78 is 35.6. The van der Waals surface area contributed by atoms with Crippen LogP contribution >= 0.6 is 0 Å². The summed E-state index contributed by atoms with van der Waals surface area (Å²) in [5.74, 6) is 0. The van der Waals surface area contributed by atoms with Crippen LogP contribution in [-0.2, 0) is 4.79 Å². The zero-order valence-corrected chi connectivity index (χ0v) is 6.71. The Morgan fingerprint density at radius 3 is 2.77 bits per heavy atom. The summed E-state index contributed by atoms with van der Waals surface area (Å²) in [7, 11) is 0. The third-order valence-corrected chi connectivity index (χ3v) is 1.50. The largest absolute Gasteiger partial charge is 0.406 e. The fraction of sp³-hybridized carbons (Fsp3) is 0.375. The van der Waals surface area contributed by atoms with Crippen molar-refractivity contribution in [2.24, 2.45) is 0 Å². The molecule has 1 aliphatic heterocycles. The van der Waals surface area contributed by atoms with Crippen molar-refractivity contribution in [3.8, 4) is 0 Å². The molecule has 0 aliphatic carbocycles. The normalized spacial score (nSPS) is 17.2. The predicted molar refractivity (Wildman–Crippen MR) is 40.7 cm³/mol. The van der Waals surface area contributed by atoms with Crippen LogP contribution in [0.1, 0.15) is 6.42 Å². The quantitative estimate of drug-likeness (QED) is 0.621. The van der Waals surface area contributed by atoms with E-state index >= 15 is 0 Å². The first-order valence-corrected chi connectivity index (χ1v) is 3.66. The van der Waals surface area contributed by atoms with Gasteiger partial charge in [-0.2, -0.15) is 13.2 Å².